The van der Waals surface area contributed by atoms with Crippen molar-refractivity contribution in [1.29, 1.82) is 0 Å². The average molecular weight is 573 g/mol. The first-order valence-corrected chi connectivity index (χ1v) is 14.9. The molecule has 2 aliphatic rings. The Morgan fingerprint density at radius 1 is 0.977 bits per heavy atom. The van der Waals surface area contributed by atoms with Crippen LogP contribution in [0.1, 0.15) is 31.2 Å². The van der Waals surface area contributed by atoms with E-state index in [9.17, 15) is 4.79 Å². The monoisotopic (exact) mass is 572 g/mol. The lowest BCUT2D eigenvalue weighted by atomic mass is 9.73. The fourth-order valence-corrected chi connectivity index (χ4v) is 6.36. The molecule has 0 bridgehead atoms. The van der Waals surface area contributed by atoms with Crippen molar-refractivity contribution in [3.8, 4) is 28.3 Å². The molecule has 5 aromatic rings. The van der Waals surface area contributed by atoms with Gasteiger partial charge in [-0.25, -0.2) is 15.0 Å². The summed E-state index contributed by atoms with van der Waals surface area (Å²) in [6.45, 7) is 1.57. The topological polar surface area (TPSA) is 119 Å². The summed E-state index contributed by atoms with van der Waals surface area (Å²) in [5, 5.41) is 0. The van der Waals surface area contributed by atoms with Crippen molar-refractivity contribution in [2.45, 2.75) is 31.2 Å². The number of fused-ring (bicyclic) bond motifs is 1. The highest BCUT2D eigenvalue weighted by atomic mass is 16.2. The van der Waals surface area contributed by atoms with Crippen molar-refractivity contribution < 1.29 is 4.79 Å². The van der Waals surface area contributed by atoms with Crippen LogP contribution >= 0.6 is 0 Å². The van der Waals surface area contributed by atoms with Crippen LogP contribution in [-0.2, 0) is 10.3 Å². The number of amides is 1. The lowest BCUT2D eigenvalue weighted by Gasteiger charge is -2.38. The van der Waals surface area contributed by atoms with Gasteiger partial charge < -0.3 is 21.3 Å². The van der Waals surface area contributed by atoms with Gasteiger partial charge >= 0.3 is 0 Å². The van der Waals surface area contributed by atoms with Crippen molar-refractivity contribution in [3.05, 3.63) is 84.6 Å². The van der Waals surface area contributed by atoms with Crippen molar-refractivity contribution >= 4 is 28.6 Å². The number of nitrogens with zero attached hydrogens (tertiary/aromatic N) is 6. The minimum atomic E-state index is -0.238. The van der Waals surface area contributed by atoms with Gasteiger partial charge in [0.15, 0.2) is 11.5 Å². The van der Waals surface area contributed by atoms with E-state index in [2.05, 4.69) is 63.0 Å². The Balaban J connectivity index is 1.30. The highest BCUT2D eigenvalue weighted by molar-refractivity contribution is 5.85. The van der Waals surface area contributed by atoms with E-state index in [1.807, 2.05) is 38.4 Å². The van der Waals surface area contributed by atoms with E-state index in [4.69, 9.17) is 21.4 Å². The summed E-state index contributed by atoms with van der Waals surface area (Å²) >= 11 is 0. The number of nitrogen functional groups attached to an aromatic ring is 1. The summed E-state index contributed by atoms with van der Waals surface area (Å²) in [5.74, 6) is 1.30. The number of nitrogens with two attached hydrogens (primary N) is 2. The minimum absolute atomic E-state index is 0.0191. The molecule has 1 unspecified atom stereocenters. The van der Waals surface area contributed by atoms with Crippen molar-refractivity contribution in [3.63, 3.8) is 0 Å². The van der Waals surface area contributed by atoms with Gasteiger partial charge in [0.2, 0.25) is 5.91 Å². The third-order valence-electron chi connectivity index (χ3n) is 9.02. The Bertz CT molecular complexity index is 1820. The second-order valence-corrected chi connectivity index (χ2v) is 12.0. The molecule has 9 heteroatoms. The molecule has 2 aromatic carbocycles. The SMILES string of the molecule is CN(C)C(=O)C1CCN(c2cccc(-c3ccc4nc(-c5cccnc5N)n(-c5ccc(C6(N)CCC6)cc5)c4n3)c2)C1. The molecule has 1 saturated heterocycles. The van der Waals surface area contributed by atoms with Gasteiger partial charge in [-0.2, -0.15) is 0 Å². The zero-order valence-electron chi connectivity index (χ0n) is 24.6. The van der Waals surface area contributed by atoms with Crippen LogP contribution in [0.2, 0.25) is 0 Å². The van der Waals surface area contributed by atoms with Crippen LogP contribution in [0.5, 0.6) is 0 Å². The summed E-state index contributed by atoms with van der Waals surface area (Å²) in [4.78, 5) is 31.0. The van der Waals surface area contributed by atoms with E-state index >= 15 is 0 Å². The third kappa shape index (κ3) is 4.79. The van der Waals surface area contributed by atoms with Crippen LogP contribution in [0.4, 0.5) is 11.5 Å². The molecular formula is C34H36N8O. The van der Waals surface area contributed by atoms with Gasteiger partial charge in [0, 0.05) is 55.9 Å². The van der Waals surface area contributed by atoms with Crippen LogP contribution in [0.25, 0.3) is 39.5 Å². The van der Waals surface area contributed by atoms with E-state index in [-0.39, 0.29) is 17.4 Å². The number of rotatable bonds is 6. The van der Waals surface area contributed by atoms with Crippen LogP contribution in [-0.4, -0.2) is 57.5 Å². The average Bonchev–Trinajstić information content (AvgIpc) is 3.65. The van der Waals surface area contributed by atoms with Gasteiger partial charge in [-0.3, -0.25) is 9.36 Å². The van der Waals surface area contributed by atoms with Gasteiger partial charge in [0.05, 0.1) is 17.2 Å². The molecule has 0 spiro atoms. The molecule has 218 valence electrons. The predicted octanol–water partition coefficient (Wildman–Crippen LogP) is 4.98. The number of anilines is 2. The van der Waals surface area contributed by atoms with Gasteiger partial charge in [-0.05, 0) is 79.8 Å². The van der Waals surface area contributed by atoms with Crippen LogP contribution in [0.3, 0.4) is 0 Å². The fourth-order valence-electron chi connectivity index (χ4n) is 6.36. The van der Waals surface area contributed by atoms with Crippen molar-refractivity contribution in [2.24, 2.45) is 11.7 Å². The predicted molar refractivity (Wildman–Crippen MR) is 171 cm³/mol. The first kappa shape index (κ1) is 27.1. The Morgan fingerprint density at radius 2 is 1.79 bits per heavy atom. The molecule has 3 aromatic heterocycles. The number of hydrogen-bond donors (Lipinski definition) is 2. The van der Waals surface area contributed by atoms with E-state index in [1.54, 1.807) is 11.1 Å². The van der Waals surface area contributed by atoms with Crippen LogP contribution in [0, 0.1) is 5.92 Å². The van der Waals surface area contributed by atoms with Gasteiger partial charge in [0.25, 0.3) is 0 Å². The minimum Gasteiger partial charge on any atom is -0.383 e. The number of aromatic nitrogens is 4. The normalized spacial score (nSPS) is 17.7. The molecule has 4 N–H and O–H groups in total. The molecule has 2 fully saturated rings. The Hall–Kier alpha value is -4.76. The quantitative estimate of drug-likeness (QED) is 0.294. The molecule has 1 aliphatic heterocycles. The summed E-state index contributed by atoms with van der Waals surface area (Å²) in [7, 11) is 3.65. The summed E-state index contributed by atoms with van der Waals surface area (Å²) in [6, 6.07) is 24.6. The van der Waals surface area contributed by atoms with E-state index in [0.29, 0.717) is 11.6 Å². The molecular weight excluding hydrogens is 536 g/mol. The van der Waals surface area contributed by atoms with Gasteiger partial charge in [-0.1, -0.05) is 24.3 Å². The number of carbonyl (C=O) groups is 1. The zero-order valence-corrected chi connectivity index (χ0v) is 24.6. The molecule has 43 heavy (non-hydrogen) atoms. The summed E-state index contributed by atoms with van der Waals surface area (Å²) in [6.07, 6.45) is 5.71. The maximum Gasteiger partial charge on any atom is 0.227 e. The van der Waals surface area contributed by atoms with E-state index in [0.717, 1.165) is 83.7 Å². The van der Waals surface area contributed by atoms with Crippen LogP contribution < -0.4 is 16.4 Å². The zero-order chi connectivity index (χ0) is 29.7. The van der Waals surface area contributed by atoms with Crippen molar-refractivity contribution in [1.82, 2.24) is 24.4 Å². The second kappa shape index (κ2) is 10.5. The maximum atomic E-state index is 12.6. The van der Waals surface area contributed by atoms with E-state index < -0.39 is 0 Å². The molecule has 7 rings (SSSR count). The Kier molecular flexibility index (Phi) is 6.62. The standard InChI is InChI=1S/C34H36N8O/c1-40(2)33(43)23-15-19-41(21-23)26-7-3-6-22(20-26)28-13-14-29-32(38-28)42(31(39-29)27-8-4-18-37-30(27)35)25-11-9-24(10-12-25)34(36)16-5-17-34/h3-4,6-14,18,20,23H,5,15-17,19,21,36H2,1-2H3,(H2,35,37). The molecule has 1 amide bonds. The number of hydrogen-bond acceptors (Lipinski definition) is 7. The number of pyridine rings is 2. The lowest BCUT2D eigenvalue weighted by Crippen LogP contribution is -2.43. The molecule has 1 atom stereocenters. The highest BCUT2D eigenvalue weighted by Gasteiger charge is 2.34. The summed E-state index contributed by atoms with van der Waals surface area (Å²) < 4.78 is 2.06. The van der Waals surface area contributed by atoms with E-state index in [1.165, 1.54) is 0 Å². The number of benzene rings is 2. The molecule has 0 radical (unpaired) electrons. The molecule has 1 aliphatic carbocycles. The number of carbonyl (C=O) groups excluding carboxylic acids is 1. The smallest absolute Gasteiger partial charge is 0.227 e. The molecule has 4 heterocycles. The number of imidazole rings is 1. The Morgan fingerprint density at radius 3 is 2.51 bits per heavy atom. The van der Waals surface area contributed by atoms with Gasteiger partial charge in [-0.15, -0.1) is 0 Å². The first-order chi connectivity index (χ1) is 20.8. The third-order valence-corrected chi connectivity index (χ3v) is 9.02. The Labute approximate surface area is 251 Å². The summed E-state index contributed by atoms with van der Waals surface area (Å²) in [5.41, 5.74) is 20.0. The highest BCUT2D eigenvalue weighted by Crippen LogP contribution is 2.39. The first-order valence-electron chi connectivity index (χ1n) is 14.9. The largest absolute Gasteiger partial charge is 0.383 e. The fraction of sp³-hybridized carbons (Fsp3) is 0.294. The van der Waals surface area contributed by atoms with Crippen molar-refractivity contribution in [2.75, 3.05) is 37.8 Å². The molecule has 1 saturated carbocycles. The maximum absolute atomic E-state index is 12.6. The van der Waals surface area contributed by atoms with Gasteiger partial charge in [0.1, 0.15) is 11.3 Å². The van der Waals surface area contributed by atoms with Crippen LogP contribution in [0.15, 0.2) is 79.0 Å². The lowest BCUT2D eigenvalue weighted by molar-refractivity contribution is -0.132. The molecule has 9 nitrogen and oxygen atoms in total. The second-order valence-electron chi connectivity index (χ2n) is 12.0.